The van der Waals surface area contributed by atoms with Gasteiger partial charge in [-0.05, 0) is 36.1 Å². The number of nitrogens with zero attached hydrogens (tertiary/aromatic N) is 1. The Kier molecular flexibility index (Phi) is 5.43. The van der Waals surface area contributed by atoms with Crippen molar-refractivity contribution in [3.8, 4) is 5.75 Å². The Morgan fingerprint density at radius 2 is 2.04 bits per heavy atom. The number of methoxy groups -OCH3 is 1. The molecule has 0 saturated carbocycles. The van der Waals surface area contributed by atoms with Crippen molar-refractivity contribution in [2.45, 2.75) is 24.3 Å². The normalized spacial score (nSPS) is 20.8. The molecule has 0 radical (unpaired) electrons. The summed E-state index contributed by atoms with van der Waals surface area (Å²) < 4.78 is 5.35. The van der Waals surface area contributed by atoms with E-state index in [0.29, 0.717) is 19.4 Å². The van der Waals surface area contributed by atoms with Gasteiger partial charge in [-0.3, -0.25) is 4.79 Å². The minimum Gasteiger partial charge on any atom is -0.497 e. The SMILES string of the molecule is C=CC[C@@]1(c2cccc(OC)c2)CCN([C@H](CO)c2ccccc2)C1=O. The third-order valence-electron chi connectivity index (χ3n) is 5.30. The second-order valence-corrected chi connectivity index (χ2v) is 6.66. The van der Waals surface area contributed by atoms with Gasteiger partial charge in [0.1, 0.15) is 5.75 Å². The van der Waals surface area contributed by atoms with E-state index < -0.39 is 5.41 Å². The molecule has 2 atom stereocenters. The van der Waals surface area contributed by atoms with E-state index >= 15 is 0 Å². The number of likely N-dealkylation sites (tertiary alicyclic amines) is 1. The van der Waals surface area contributed by atoms with Crippen LogP contribution in [0.5, 0.6) is 5.75 Å². The Hall–Kier alpha value is -2.59. The summed E-state index contributed by atoms with van der Waals surface area (Å²) in [7, 11) is 1.62. The quantitative estimate of drug-likeness (QED) is 0.777. The molecule has 1 amide bonds. The van der Waals surface area contributed by atoms with Crippen molar-refractivity contribution in [1.82, 2.24) is 4.90 Å². The van der Waals surface area contributed by atoms with Crippen molar-refractivity contribution in [2.24, 2.45) is 0 Å². The van der Waals surface area contributed by atoms with E-state index in [4.69, 9.17) is 4.74 Å². The van der Waals surface area contributed by atoms with Gasteiger partial charge in [0.05, 0.1) is 25.2 Å². The Labute approximate surface area is 154 Å². The molecule has 0 aliphatic carbocycles. The number of amides is 1. The second kappa shape index (κ2) is 7.75. The monoisotopic (exact) mass is 351 g/mol. The Bertz CT molecular complexity index is 774. The lowest BCUT2D eigenvalue weighted by atomic mass is 9.76. The molecule has 136 valence electrons. The molecule has 0 unspecified atom stereocenters. The molecule has 1 N–H and O–H groups in total. The minimum absolute atomic E-state index is 0.0357. The molecule has 26 heavy (non-hydrogen) atoms. The van der Waals surface area contributed by atoms with Crippen LogP contribution < -0.4 is 4.74 Å². The van der Waals surface area contributed by atoms with Crippen LogP contribution in [0.3, 0.4) is 0 Å². The second-order valence-electron chi connectivity index (χ2n) is 6.66. The van der Waals surface area contributed by atoms with Crippen molar-refractivity contribution in [1.29, 1.82) is 0 Å². The summed E-state index contributed by atoms with van der Waals surface area (Å²) in [6.45, 7) is 4.37. The first-order chi connectivity index (χ1) is 12.7. The van der Waals surface area contributed by atoms with Gasteiger partial charge in [0.2, 0.25) is 5.91 Å². The number of carbonyl (C=O) groups is 1. The first-order valence-electron chi connectivity index (χ1n) is 8.88. The topological polar surface area (TPSA) is 49.8 Å². The van der Waals surface area contributed by atoms with E-state index in [-0.39, 0.29) is 18.6 Å². The predicted molar refractivity (Wildman–Crippen MR) is 102 cm³/mol. The van der Waals surface area contributed by atoms with Crippen molar-refractivity contribution in [3.63, 3.8) is 0 Å². The van der Waals surface area contributed by atoms with Gasteiger partial charge in [-0.1, -0.05) is 48.5 Å². The maximum atomic E-state index is 13.5. The number of carbonyl (C=O) groups excluding carboxylic acids is 1. The van der Waals surface area contributed by atoms with E-state index in [0.717, 1.165) is 16.9 Å². The zero-order chi connectivity index (χ0) is 18.6. The number of aliphatic hydroxyl groups excluding tert-OH is 1. The summed E-state index contributed by atoms with van der Waals surface area (Å²) in [5, 5.41) is 9.98. The Morgan fingerprint density at radius 1 is 1.27 bits per heavy atom. The standard InChI is InChI=1S/C22H25NO3/c1-3-12-22(18-10-7-11-19(15-18)26-2)13-14-23(21(22)25)20(16-24)17-8-5-4-6-9-17/h3-11,15,20,24H,1,12-14,16H2,2H3/t20-,22+/m1/s1. The number of ether oxygens (including phenoxy) is 1. The van der Waals surface area contributed by atoms with Crippen LogP contribution in [0.4, 0.5) is 0 Å². The van der Waals surface area contributed by atoms with E-state index in [1.54, 1.807) is 18.1 Å². The van der Waals surface area contributed by atoms with E-state index in [2.05, 4.69) is 6.58 Å². The van der Waals surface area contributed by atoms with Gasteiger partial charge in [0.15, 0.2) is 0 Å². The molecule has 1 heterocycles. The summed E-state index contributed by atoms with van der Waals surface area (Å²) >= 11 is 0. The fourth-order valence-electron chi connectivity index (χ4n) is 3.89. The van der Waals surface area contributed by atoms with Crippen LogP contribution in [0.2, 0.25) is 0 Å². The van der Waals surface area contributed by atoms with E-state index in [1.165, 1.54) is 0 Å². The van der Waals surface area contributed by atoms with Crippen LogP contribution >= 0.6 is 0 Å². The largest absolute Gasteiger partial charge is 0.497 e. The van der Waals surface area contributed by atoms with E-state index in [9.17, 15) is 9.90 Å². The molecule has 4 heteroatoms. The van der Waals surface area contributed by atoms with Gasteiger partial charge in [-0.15, -0.1) is 6.58 Å². The highest BCUT2D eigenvalue weighted by molar-refractivity contribution is 5.91. The summed E-state index contributed by atoms with van der Waals surface area (Å²) in [4.78, 5) is 15.3. The minimum atomic E-state index is -0.654. The van der Waals surface area contributed by atoms with Crippen LogP contribution in [-0.4, -0.2) is 36.2 Å². The zero-order valence-corrected chi connectivity index (χ0v) is 15.1. The lowest BCUT2D eigenvalue weighted by molar-refractivity contribution is -0.135. The van der Waals surface area contributed by atoms with Crippen molar-refractivity contribution >= 4 is 5.91 Å². The lowest BCUT2D eigenvalue weighted by Gasteiger charge is -2.31. The number of benzene rings is 2. The summed E-state index contributed by atoms with van der Waals surface area (Å²) in [5.74, 6) is 0.771. The smallest absolute Gasteiger partial charge is 0.234 e. The van der Waals surface area contributed by atoms with Gasteiger partial charge >= 0.3 is 0 Å². The molecule has 0 spiro atoms. The van der Waals surface area contributed by atoms with Gasteiger partial charge in [-0.2, -0.15) is 0 Å². The maximum absolute atomic E-state index is 13.5. The highest BCUT2D eigenvalue weighted by atomic mass is 16.5. The highest BCUT2D eigenvalue weighted by Gasteiger charge is 2.49. The molecule has 1 saturated heterocycles. The lowest BCUT2D eigenvalue weighted by Crippen LogP contribution is -2.40. The molecule has 4 nitrogen and oxygen atoms in total. The first kappa shape index (κ1) is 18.2. The molecule has 2 aromatic carbocycles. The summed E-state index contributed by atoms with van der Waals surface area (Å²) in [5.41, 5.74) is 1.23. The van der Waals surface area contributed by atoms with Gasteiger partial charge in [0, 0.05) is 6.54 Å². The molecular weight excluding hydrogens is 326 g/mol. The molecular formula is C22H25NO3. The fourth-order valence-corrected chi connectivity index (χ4v) is 3.89. The number of hydrogen-bond donors (Lipinski definition) is 1. The van der Waals surface area contributed by atoms with Crippen molar-refractivity contribution in [3.05, 3.63) is 78.4 Å². The number of aliphatic hydroxyl groups is 1. The molecule has 1 aliphatic rings. The number of rotatable bonds is 7. The van der Waals surface area contributed by atoms with Crippen LogP contribution in [0.1, 0.15) is 30.0 Å². The van der Waals surface area contributed by atoms with Crippen molar-refractivity contribution < 1.29 is 14.6 Å². The molecule has 1 fully saturated rings. The summed E-state index contributed by atoms with van der Waals surface area (Å²) in [6, 6.07) is 17.1. The average molecular weight is 351 g/mol. The molecule has 0 aromatic heterocycles. The van der Waals surface area contributed by atoms with Crippen LogP contribution in [0.25, 0.3) is 0 Å². The van der Waals surface area contributed by atoms with E-state index in [1.807, 2.05) is 54.6 Å². The predicted octanol–water partition coefficient (Wildman–Crippen LogP) is 3.48. The van der Waals surface area contributed by atoms with Crippen LogP contribution in [0.15, 0.2) is 67.3 Å². The first-order valence-corrected chi connectivity index (χ1v) is 8.88. The van der Waals surface area contributed by atoms with Crippen LogP contribution in [0, 0.1) is 0 Å². The third kappa shape index (κ3) is 3.13. The number of hydrogen-bond acceptors (Lipinski definition) is 3. The Balaban J connectivity index is 1.98. The Morgan fingerprint density at radius 3 is 2.69 bits per heavy atom. The molecule has 3 rings (SSSR count). The van der Waals surface area contributed by atoms with Crippen LogP contribution in [-0.2, 0) is 10.2 Å². The molecule has 1 aliphatic heterocycles. The fraction of sp³-hybridized carbons (Fsp3) is 0.318. The molecule has 2 aromatic rings. The number of allylic oxidation sites excluding steroid dienone is 1. The molecule has 0 bridgehead atoms. The summed E-state index contributed by atoms with van der Waals surface area (Å²) in [6.07, 6.45) is 3.05. The third-order valence-corrected chi connectivity index (χ3v) is 5.30. The zero-order valence-electron chi connectivity index (χ0n) is 15.1. The van der Waals surface area contributed by atoms with Crippen molar-refractivity contribution in [2.75, 3.05) is 20.3 Å². The highest BCUT2D eigenvalue weighted by Crippen LogP contribution is 2.43. The van der Waals surface area contributed by atoms with Gasteiger partial charge < -0.3 is 14.7 Å². The van der Waals surface area contributed by atoms with Gasteiger partial charge in [-0.25, -0.2) is 0 Å². The maximum Gasteiger partial charge on any atom is 0.234 e. The van der Waals surface area contributed by atoms with Gasteiger partial charge in [0.25, 0.3) is 0 Å². The average Bonchev–Trinajstić information content (AvgIpc) is 3.01.